The second-order valence-corrected chi connectivity index (χ2v) is 6.23. The normalized spacial score (nSPS) is 20.6. The summed E-state index contributed by atoms with van der Waals surface area (Å²) in [5.41, 5.74) is -0.413. The molecule has 8 nitrogen and oxygen atoms in total. The lowest BCUT2D eigenvalue weighted by atomic mass is 9.99. The Morgan fingerprint density at radius 2 is 2.25 bits per heavy atom. The molecule has 0 bridgehead atoms. The maximum Gasteiger partial charge on any atom is 0.325 e. The molecule has 3 aromatic rings. The summed E-state index contributed by atoms with van der Waals surface area (Å²) in [7, 11) is 0. The number of rotatable bonds is 4. The first-order valence-corrected chi connectivity index (χ1v) is 8.05. The molecule has 0 radical (unpaired) electrons. The van der Waals surface area contributed by atoms with E-state index in [0.717, 1.165) is 10.5 Å². The van der Waals surface area contributed by atoms with Gasteiger partial charge in [0, 0.05) is 10.9 Å². The van der Waals surface area contributed by atoms with Crippen molar-refractivity contribution in [2.24, 2.45) is 0 Å². The maximum atomic E-state index is 12.7. The summed E-state index contributed by atoms with van der Waals surface area (Å²) < 4.78 is 10.4. The SMILES string of the molecule is C[C@@]1(c2ccco2)NC(=O)N(Cc2nc(-c3ccsc3)no2)C1=O. The van der Waals surface area contributed by atoms with Crippen molar-refractivity contribution in [3.8, 4) is 11.4 Å². The van der Waals surface area contributed by atoms with Gasteiger partial charge in [0.25, 0.3) is 5.91 Å². The molecule has 0 spiro atoms. The van der Waals surface area contributed by atoms with Gasteiger partial charge in [0.1, 0.15) is 12.3 Å². The molecule has 1 N–H and O–H groups in total. The Kier molecular flexibility index (Phi) is 3.24. The third-order valence-electron chi connectivity index (χ3n) is 3.83. The standard InChI is InChI=1S/C15H12N4O4S/c1-15(10-3-2-5-22-10)13(20)19(14(21)17-15)7-11-16-12(18-23-11)9-4-6-24-8-9/h2-6,8H,7H2,1H3,(H,17,21)/t15-/m0/s1. The summed E-state index contributed by atoms with van der Waals surface area (Å²) >= 11 is 1.51. The van der Waals surface area contributed by atoms with Crippen LogP contribution >= 0.6 is 11.3 Å². The topological polar surface area (TPSA) is 101 Å². The molecule has 9 heteroatoms. The van der Waals surface area contributed by atoms with E-state index in [0.29, 0.717) is 11.6 Å². The Bertz CT molecular complexity index is 887. The number of nitrogens with zero attached hydrogens (tertiary/aromatic N) is 3. The number of thiophene rings is 1. The van der Waals surface area contributed by atoms with E-state index in [4.69, 9.17) is 8.94 Å². The fraction of sp³-hybridized carbons (Fsp3) is 0.200. The molecule has 0 aromatic carbocycles. The molecule has 3 aromatic heterocycles. The zero-order chi connectivity index (χ0) is 16.7. The van der Waals surface area contributed by atoms with Gasteiger partial charge in [-0.1, -0.05) is 5.16 Å². The van der Waals surface area contributed by atoms with E-state index in [1.165, 1.54) is 17.6 Å². The highest BCUT2D eigenvalue weighted by Gasteiger charge is 2.51. The van der Waals surface area contributed by atoms with Gasteiger partial charge in [-0.3, -0.25) is 9.69 Å². The van der Waals surface area contributed by atoms with Crippen LogP contribution in [0.15, 0.2) is 44.2 Å². The number of aromatic nitrogens is 2. The van der Waals surface area contributed by atoms with Crippen molar-refractivity contribution in [2.75, 3.05) is 0 Å². The van der Waals surface area contributed by atoms with Crippen LogP contribution in [0.3, 0.4) is 0 Å². The van der Waals surface area contributed by atoms with Crippen LogP contribution < -0.4 is 5.32 Å². The molecule has 4 heterocycles. The number of urea groups is 1. The average Bonchev–Trinajstić information content (AvgIpc) is 3.34. The summed E-state index contributed by atoms with van der Waals surface area (Å²) in [6.45, 7) is 1.49. The van der Waals surface area contributed by atoms with Crippen molar-refractivity contribution in [1.29, 1.82) is 0 Å². The average molecular weight is 344 g/mol. The van der Waals surface area contributed by atoms with Gasteiger partial charge in [0.05, 0.1) is 6.26 Å². The predicted octanol–water partition coefficient (Wildman–Crippen LogP) is 2.36. The third-order valence-corrected chi connectivity index (χ3v) is 4.51. The van der Waals surface area contributed by atoms with Crippen molar-refractivity contribution >= 4 is 23.3 Å². The van der Waals surface area contributed by atoms with E-state index >= 15 is 0 Å². The molecule has 1 aliphatic rings. The van der Waals surface area contributed by atoms with Crippen LogP contribution in [-0.2, 0) is 16.9 Å². The lowest BCUT2D eigenvalue weighted by Crippen LogP contribution is -2.40. The first-order chi connectivity index (χ1) is 11.6. The van der Waals surface area contributed by atoms with Crippen LogP contribution in [0.1, 0.15) is 18.6 Å². The zero-order valence-corrected chi connectivity index (χ0v) is 13.4. The summed E-state index contributed by atoms with van der Waals surface area (Å²) in [6.07, 6.45) is 1.45. The lowest BCUT2D eigenvalue weighted by molar-refractivity contribution is -0.132. The second kappa shape index (κ2) is 5.31. The van der Waals surface area contributed by atoms with Crippen molar-refractivity contribution < 1.29 is 18.5 Å². The molecule has 1 aliphatic heterocycles. The highest BCUT2D eigenvalue weighted by molar-refractivity contribution is 7.08. The smallest absolute Gasteiger partial charge is 0.325 e. The van der Waals surface area contributed by atoms with Gasteiger partial charge in [0.15, 0.2) is 5.54 Å². The number of furan rings is 1. The van der Waals surface area contributed by atoms with E-state index in [1.54, 1.807) is 19.1 Å². The number of carbonyl (C=O) groups is 2. The maximum absolute atomic E-state index is 12.7. The lowest BCUT2D eigenvalue weighted by Gasteiger charge is -2.18. The number of imide groups is 1. The minimum atomic E-state index is -1.24. The molecule has 1 atom stereocenters. The molecule has 3 amide bonds. The Hall–Kier alpha value is -2.94. The van der Waals surface area contributed by atoms with Gasteiger partial charge in [-0.2, -0.15) is 16.3 Å². The van der Waals surface area contributed by atoms with Crippen molar-refractivity contribution in [3.05, 3.63) is 46.9 Å². The third kappa shape index (κ3) is 2.21. The quantitative estimate of drug-likeness (QED) is 0.729. The zero-order valence-electron chi connectivity index (χ0n) is 12.6. The molecular weight excluding hydrogens is 332 g/mol. The minimum absolute atomic E-state index is 0.0991. The Morgan fingerprint density at radius 3 is 2.96 bits per heavy atom. The van der Waals surface area contributed by atoms with E-state index < -0.39 is 17.5 Å². The summed E-state index contributed by atoms with van der Waals surface area (Å²) in [4.78, 5) is 30.1. The Balaban J connectivity index is 1.57. The highest BCUT2D eigenvalue weighted by Crippen LogP contribution is 2.30. The van der Waals surface area contributed by atoms with Gasteiger partial charge in [-0.05, 0) is 30.5 Å². The fourth-order valence-corrected chi connectivity index (χ4v) is 3.17. The van der Waals surface area contributed by atoms with Gasteiger partial charge in [-0.25, -0.2) is 4.79 Å². The van der Waals surface area contributed by atoms with Crippen LogP contribution in [0.25, 0.3) is 11.4 Å². The second-order valence-electron chi connectivity index (χ2n) is 5.45. The van der Waals surface area contributed by atoms with Crippen LogP contribution in [0.5, 0.6) is 0 Å². The summed E-state index contributed by atoms with van der Waals surface area (Å²) in [5.74, 6) is 0.543. The molecule has 0 unspecified atom stereocenters. The van der Waals surface area contributed by atoms with Crippen LogP contribution in [0.2, 0.25) is 0 Å². The number of carbonyl (C=O) groups excluding carboxylic acids is 2. The van der Waals surface area contributed by atoms with E-state index in [-0.39, 0.29) is 12.4 Å². The molecule has 4 rings (SSSR count). The molecule has 1 saturated heterocycles. The molecule has 1 fully saturated rings. The van der Waals surface area contributed by atoms with Gasteiger partial charge in [-0.15, -0.1) is 0 Å². The highest BCUT2D eigenvalue weighted by atomic mass is 32.1. The first-order valence-electron chi connectivity index (χ1n) is 7.11. The summed E-state index contributed by atoms with van der Waals surface area (Å²) in [6, 6.07) is 4.63. The molecule has 24 heavy (non-hydrogen) atoms. The number of hydrogen-bond acceptors (Lipinski definition) is 7. The van der Waals surface area contributed by atoms with Crippen LogP contribution in [0, 0.1) is 0 Å². The molecule has 122 valence electrons. The van der Waals surface area contributed by atoms with E-state index in [9.17, 15) is 9.59 Å². The molecular formula is C15H12N4O4S. The van der Waals surface area contributed by atoms with Crippen LogP contribution in [0.4, 0.5) is 4.79 Å². The number of hydrogen-bond donors (Lipinski definition) is 1. The Morgan fingerprint density at radius 1 is 1.38 bits per heavy atom. The number of amides is 3. The molecule has 0 aliphatic carbocycles. The van der Waals surface area contributed by atoms with Gasteiger partial charge >= 0.3 is 6.03 Å². The number of nitrogens with one attached hydrogen (secondary N) is 1. The Labute approximate surface area is 140 Å². The van der Waals surface area contributed by atoms with Crippen molar-refractivity contribution in [1.82, 2.24) is 20.4 Å². The monoisotopic (exact) mass is 344 g/mol. The summed E-state index contributed by atoms with van der Waals surface area (Å²) in [5, 5.41) is 10.3. The minimum Gasteiger partial charge on any atom is -0.466 e. The fourth-order valence-electron chi connectivity index (χ4n) is 2.53. The van der Waals surface area contributed by atoms with Gasteiger partial charge in [0.2, 0.25) is 11.7 Å². The first kappa shape index (κ1) is 14.6. The van der Waals surface area contributed by atoms with E-state index in [1.807, 2.05) is 16.8 Å². The van der Waals surface area contributed by atoms with Crippen molar-refractivity contribution in [2.45, 2.75) is 19.0 Å². The largest absolute Gasteiger partial charge is 0.466 e. The van der Waals surface area contributed by atoms with Crippen molar-refractivity contribution in [3.63, 3.8) is 0 Å². The molecule has 0 saturated carbocycles. The van der Waals surface area contributed by atoms with Gasteiger partial charge < -0.3 is 14.3 Å². The van der Waals surface area contributed by atoms with E-state index in [2.05, 4.69) is 15.5 Å². The predicted molar refractivity (Wildman–Crippen MR) is 82.8 cm³/mol. The van der Waals surface area contributed by atoms with Crippen LogP contribution in [-0.4, -0.2) is 27.0 Å².